The van der Waals surface area contributed by atoms with Crippen LogP contribution in [0.25, 0.3) is 109 Å². The van der Waals surface area contributed by atoms with Crippen LogP contribution in [-0.2, 0) is 6.42 Å². The second kappa shape index (κ2) is 16.6. The number of nitrogens with zero attached hydrogens (tertiary/aromatic N) is 1. The van der Waals surface area contributed by atoms with Crippen LogP contribution in [0.15, 0.2) is 255 Å². The van der Waals surface area contributed by atoms with E-state index in [0.29, 0.717) is 0 Å². The number of rotatable bonds is 7. The molecule has 2 aromatic heterocycles. The molecule has 1 aliphatic carbocycles. The normalized spacial score (nSPS) is 13.6. The number of aromatic nitrogens is 1. The number of fused-ring (bicyclic) bond motifs is 8. The van der Waals surface area contributed by atoms with Crippen LogP contribution < -0.4 is 0 Å². The van der Waals surface area contributed by atoms with E-state index in [1.54, 1.807) is 0 Å². The highest BCUT2D eigenvalue weighted by Gasteiger charge is 2.27. The van der Waals surface area contributed by atoms with Crippen molar-refractivity contribution in [1.82, 2.24) is 4.57 Å². The molecule has 14 rings (SSSR count). The highest BCUT2D eigenvalue weighted by molar-refractivity contribution is 7.20. The molecular formula is C68H45NS. The van der Waals surface area contributed by atoms with Crippen molar-refractivity contribution in [3.63, 3.8) is 0 Å². The second-order valence-electron chi connectivity index (χ2n) is 18.7. The van der Waals surface area contributed by atoms with Gasteiger partial charge in [0.25, 0.3) is 0 Å². The van der Waals surface area contributed by atoms with E-state index in [2.05, 4.69) is 259 Å². The standard InChI is InChI=1S/C68H45NS/c1-5-17-44(18-6-1)50-33-38-65-60(39-50)62-43-52(45-19-7-2-8-20-45)42-58(68(62)70-65)51-32-37-64-59(41-51)54-25-15-16-28-63(54)69(64)53-34-29-46(30-35-53)49-31-36-57-61(40-49)67(48-23-11-4-12-24-48)56-27-14-13-26-55(56)66(57)47-21-9-3-10-22-47/h1-42,52H,43H2. The Morgan fingerprint density at radius 2 is 0.829 bits per heavy atom. The molecule has 0 radical (unpaired) electrons. The average Bonchev–Trinajstić information content (AvgIpc) is 3.98. The summed E-state index contributed by atoms with van der Waals surface area (Å²) < 4.78 is 3.79. The van der Waals surface area contributed by atoms with Crippen molar-refractivity contribution in [3.05, 3.63) is 276 Å². The first-order valence-corrected chi connectivity index (χ1v) is 25.2. The van der Waals surface area contributed by atoms with Crippen LogP contribution in [0.1, 0.15) is 27.5 Å². The van der Waals surface area contributed by atoms with Crippen LogP contribution in [0.4, 0.5) is 0 Å². The topological polar surface area (TPSA) is 4.93 Å². The molecule has 0 amide bonds. The van der Waals surface area contributed by atoms with Gasteiger partial charge in [-0.05, 0) is 149 Å². The summed E-state index contributed by atoms with van der Waals surface area (Å²) in [7, 11) is 0. The molecule has 0 saturated heterocycles. The van der Waals surface area contributed by atoms with Crippen LogP contribution in [0.3, 0.4) is 0 Å². The molecule has 2 heterocycles. The third kappa shape index (κ3) is 6.67. The van der Waals surface area contributed by atoms with E-state index < -0.39 is 0 Å². The summed E-state index contributed by atoms with van der Waals surface area (Å²) in [5.74, 6) is 0.273. The van der Waals surface area contributed by atoms with Crippen LogP contribution in [0, 0.1) is 0 Å². The summed E-state index contributed by atoms with van der Waals surface area (Å²) in [6.45, 7) is 0. The van der Waals surface area contributed by atoms with Gasteiger partial charge in [-0.15, -0.1) is 11.3 Å². The molecule has 0 spiro atoms. The molecule has 0 bridgehead atoms. The fourth-order valence-corrected chi connectivity index (χ4v) is 12.7. The third-order valence-corrected chi connectivity index (χ3v) is 16.0. The maximum absolute atomic E-state index is 2.55. The first-order chi connectivity index (χ1) is 34.7. The van der Waals surface area contributed by atoms with Crippen LogP contribution >= 0.6 is 11.3 Å². The van der Waals surface area contributed by atoms with E-state index in [1.807, 2.05) is 11.3 Å². The monoisotopic (exact) mass is 907 g/mol. The van der Waals surface area contributed by atoms with Gasteiger partial charge in [0.1, 0.15) is 0 Å². The lowest BCUT2D eigenvalue weighted by Gasteiger charge is -2.23. The Labute approximate surface area is 411 Å². The van der Waals surface area contributed by atoms with E-state index in [9.17, 15) is 0 Å². The van der Waals surface area contributed by atoms with E-state index in [-0.39, 0.29) is 5.92 Å². The first-order valence-electron chi connectivity index (χ1n) is 24.3. The molecule has 13 aromatic rings. The van der Waals surface area contributed by atoms with Crippen molar-refractivity contribution >= 4 is 70.3 Å². The highest BCUT2D eigenvalue weighted by Crippen LogP contribution is 2.48. The van der Waals surface area contributed by atoms with Crippen molar-refractivity contribution in [2.75, 3.05) is 0 Å². The van der Waals surface area contributed by atoms with E-state index in [0.717, 1.165) is 12.1 Å². The molecule has 1 atom stereocenters. The summed E-state index contributed by atoms with van der Waals surface area (Å²) in [6.07, 6.45) is 3.53. The van der Waals surface area contributed by atoms with E-state index >= 15 is 0 Å². The Morgan fingerprint density at radius 1 is 0.343 bits per heavy atom. The summed E-state index contributed by atoms with van der Waals surface area (Å²) in [4.78, 5) is 1.39. The maximum Gasteiger partial charge on any atom is 0.0541 e. The Kier molecular flexibility index (Phi) is 9.60. The van der Waals surface area contributed by atoms with E-state index in [1.165, 1.54) is 125 Å². The number of thiophene rings is 1. The predicted molar refractivity (Wildman–Crippen MR) is 299 cm³/mol. The van der Waals surface area contributed by atoms with Crippen molar-refractivity contribution in [3.8, 4) is 50.2 Å². The molecule has 1 unspecified atom stereocenters. The van der Waals surface area contributed by atoms with Crippen LogP contribution in [0.5, 0.6) is 0 Å². The SMILES string of the molecule is C1=C(c2ccc3c(c2)c2ccccc2n3-c2ccc(-c3ccc4c(-c5ccccc5)c5ccccc5c(-c5ccccc5)c4c3)cc2)c2sc3ccc(-c4ccccc4)cc3c2CC1c1ccccc1. The fraction of sp³-hybridized carbons (Fsp3) is 0.0294. The van der Waals surface area contributed by atoms with Gasteiger partial charge in [0.2, 0.25) is 0 Å². The minimum Gasteiger partial charge on any atom is -0.309 e. The fourth-order valence-electron chi connectivity index (χ4n) is 11.5. The Bertz CT molecular complexity index is 4160. The molecule has 0 N–H and O–H groups in total. The quantitative estimate of drug-likeness (QED) is 0.140. The zero-order valence-corrected chi connectivity index (χ0v) is 39.2. The van der Waals surface area contributed by atoms with Gasteiger partial charge >= 0.3 is 0 Å². The molecule has 0 saturated carbocycles. The van der Waals surface area contributed by atoms with Crippen molar-refractivity contribution in [2.24, 2.45) is 0 Å². The van der Waals surface area contributed by atoms with Crippen molar-refractivity contribution in [2.45, 2.75) is 12.3 Å². The van der Waals surface area contributed by atoms with Crippen molar-refractivity contribution < 1.29 is 0 Å². The molecular weight excluding hydrogens is 863 g/mol. The molecule has 2 heteroatoms. The lowest BCUT2D eigenvalue weighted by atomic mass is 9.81. The zero-order chi connectivity index (χ0) is 46.1. The summed E-state index contributed by atoms with van der Waals surface area (Å²) in [5, 5.41) is 8.94. The average molecular weight is 908 g/mol. The number of hydrogen-bond donors (Lipinski definition) is 0. The van der Waals surface area contributed by atoms with Gasteiger partial charge in [-0.1, -0.05) is 206 Å². The number of benzene rings is 11. The Balaban J connectivity index is 0.887. The van der Waals surface area contributed by atoms with Gasteiger partial charge in [-0.2, -0.15) is 0 Å². The molecule has 0 fully saturated rings. The van der Waals surface area contributed by atoms with Gasteiger partial charge in [0, 0.05) is 32.0 Å². The van der Waals surface area contributed by atoms with Crippen LogP contribution in [0.2, 0.25) is 0 Å². The molecule has 1 nitrogen and oxygen atoms in total. The van der Waals surface area contributed by atoms with Crippen LogP contribution in [-0.4, -0.2) is 4.57 Å². The lowest BCUT2D eigenvalue weighted by molar-refractivity contribution is 0.832. The molecule has 70 heavy (non-hydrogen) atoms. The number of allylic oxidation sites excluding steroid dienone is 1. The van der Waals surface area contributed by atoms with Gasteiger partial charge in [-0.3, -0.25) is 0 Å². The summed E-state index contributed by atoms with van der Waals surface area (Å²) in [5.41, 5.74) is 18.9. The van der Waals surface area contributed by atoms with Gasteiger partial charge in [-0.25, -0.2) is 0 Å². The first kappa shape index (κ1) is 40.5. The number of hydrogen-bond acceptors (Lipinski definition) is 1. The van der Waals surface area contributed by atoms with Crippen molar-refractivity contribution in [1.29, 1.82) is 0 Å². The zero-order valence-electron chi connectivity index (χ0n) is 38.4. The van der Waals surface area contributed by atoms with Gasteiger partial charge in [0.05, 0.1) is 11.0 Å². The Hall–Kier alpha value is -8.56. The second-order valence-corrected chi connectivity index (χ2v) is 19.8. The molecule has 328 valence electrons. The summed E-state index contributed by atoms with van der Waals surface area (Å²) >= 11 is 1.94. The lowest BCUT2D eigenvalue weighted by Crippen LogP contribution is -2.08. The minimum absolute atomic E-state index is 0.273. The molecule has 0 aliphatic heterocycles. The maximum atomic E-state index is 2.55. The molecule has 11 aromatic carbocycles. The van der Waals surface area contributed by atoms with Gasteiger partial charge < -0.3 is 4.57 Å². The largest absolute Gasteiger partial charge is 0.309 e. The summed E-state index contributed by atoms with van der Waals surface area (Å²) in [6, 6.07) is 91.9. The van der Waals surface area contributed by atoms with E-state index in [4.69, 9.17) is 0 Å². The smallest absolute Gasteiger partial charge is 0.0541 e. The van der Waals surface area contributed by atoms with Gasteiger partial charge in [0.15, 0.2) is 0 Å². The Morgan fingerprint density at radius 3 is 1.51 bits per heavy atom. The molecule has 1 aliphatic rings. The predicted octanol–water partition coefficient (Wildman–Crippen LogP) is 18.7. The third-order valence-electron chi connectivity index (χ3n) is 14.8. The number of para-hydroxylation sites is 1. The minimum atomic E-state index is 0.273. The highest BCUT2D eigenvalue weighted by atomic mass is 32.1.